The summed E-state index contributed by atoms with van der Waals surface area (Å²) in [4.78, 5) is 10.8. The molecular weight excluding hydrogens is 188 g/mol. The fourth-order valence-electron chi connectivity index (χ4n) is 1.52. The quantitative estimate of drug-likeness (QED) is 0.765. The van der Waals surface area contributed by atoms with Crippen molar-refractivity contribution in [3.05, 3.63) is 47.0 Å². The van der Waals surface area contributed by atoms with Crippen LogP contribution in [0.4, 0.5) is 0 Å². The largest absolute Gasteiger partial charge is 0.478 e. The molecule has 0 fully saturated rings. The van der Waals surface area contributed by atoms with Gasteiger partial charge in [0.25, 0.3) is 0 Å². The van der Waals surface area contributed by atoms with Crippen molar-refractivity contribution in [1.82, 2.24) is 0 Å². The number of carbonyl (C=O) groups is 1. The average Bonchev–Trinajstić information content (AvgIpc) is 2.26. The van der Waals surface area contributed by atoms with Crippen LogP contribution in [0.15, 0.2) is 41.5 Å². The zero-order valence-electron chi connectivity index (χ0n) is 9.16. The summed E-state index contributed by atoms with van der Waals surface area (Å²) in [5.41, 5.74) is 2.63. The Hall–Kier alpha value is -1.57. The highest BCUT2D eigenvalue weighted by molar-refractivity contribution is 5.86. The van der Waals surface area contributed by atoms with Crippen LogP contribution in [0.3, 0.4) is 0 Å². The van der Waals surface area contributed by atoms with Crippen molar-refractivity contribution in [2.75, 3.05) is 0 Å². The van der Waals surface area contributed by atoms with E-state index >= 15 is 0 Å². The molecule has 0 aliphatic heterocycles. The summed E-state index contributed by atoms with van der Waals surface area (Å²) >= 11 is 0. The Balaban J connectivity index is 2.88. The molecule has 1 aromatic carbocycles. The van der Waals surface area contributed by atoms with Gasteiger partial charge in [-0.3, -0.25) is 0 Å². The van der Waals surface area contributed by atoms with Crippen molar-refractivity contribution >= 4 is 5.97 Å². The average molecular weight is 204 g/mol. The lowest BCUT2D eigenvalue weighted by atomic mass is 9.99. The molecule has 0 aliphatic rings. The van der Waals surface area contributed by atoms with Crippen LogP contribution in [0, 0.1) is 0 Å². The molecule has 1 rings (SSSR count). The van der Waals surface area contributed by atoms with Crippen molar-refractivity contribution < 1.29 is 9.90 Å². The molecule has 2 nitrogen and oxygen atoms in total. The van der Waals surface area contributed by atoms with Gasteiger partial charge in [0.2, 0.25) is 0 Å². The lowest BCUT2D eigenvalue weighted by Crippen LogP contribution is -2.03. The Morgan fingerprint density at radius 2 is 1.87 bits per heavy atom. The second kappa shape index (κ2) is 5.35. The highest BCUT2D eigenvalue weighted by Crippen LogP contribution is 2.15. The molecule has 0 aliphatic carbocycles. The van der Waals surface area contributed by atoms with Gasteiger partial charge < -0.3 is 5.11 Å². The zero-order chi connectivity index (χ0) is 11.3. The predicted octanol–water partition coefficient (Wildman–Crippen LogP) is 3.04. The smallest absolute Gasteiger partial charge is 0.331 e. The minimum Gasteiger partial charge on any atom is -0.478 e. The van der Waals surface area contributed by atoms with Gasteiger partial charge in [-0.15, -0.1) is 0 Å². The second-order valence-corrected chi connectivity index (χ2v) is 3.55. The Bertz CT molecular complexity index is 363. The summed E-state index contributed by atoms with van der Waals surface area (Å²) < 4.78 is 0. The molecule has 0 spiro atoms. The van der Waals surface area contributed by atoms with Gasteiger partial charge in [0, 0.05) is 5.57 Å². The van der Waals surface area contributed by atoms with E-state index in [1.54, 1.807) is 6.92 Å². The van der Waals surface area contributed by atoms with E-state index in [1.165, 1.54) is 0 Å². The van der Waals surface area contributed by atoms with Gasteiger partial charge in [0.1, 0.15) is 0 Å². The molecule has 0 saturated carbocycles. The van der Waals surface area contributed by atoms with Crippen LogP contribution in [-0.4, -0.2) is 11.1 Å². The van der Waals surface area contributed by atoms with Crippen LogP contribution in [0.25, 0.3) is 0 Å². The molecule has 1 N–H and O–H groups in total. The fourth-order valence-corrected chi connectivity index (χ4v) is 1.52. The van der Waals surface area contributed by atoms with Gasteiger partial charge >= 0.3 is 5.97 Å². The van der Waals surface area contributed by atoms with Gasteiger partial charge in [0.15, 0.2) is 0 Å². The summed E-state index contributed by atoms with van der Waals surface area (Å²) in [6.07, 6.45) is 1.52. The second-order valence-electron chi connectivity index (χ2n) is 3.55. The Labute approximate surface area is 90.3 Å². The van der Waals surface area contributed by atoms with E-state index in [0.717, 1.165) is 24.0 Å². The number of allylic oxidation sites excluding steroid dienone is 1. The van der Waals surface area contributed by atoms with E-state index in [-0.39, 0.29) is 0 Å². The Kier molecular flexibility index (Phi) is 4.10. The normalized spacial score (nSPS) is 12.1. The van der Waals surface area contributed by atoms with E-state index in [4.69, 9.17) is 5.11 Å². The minimum absolute atomic E-state index is 0.473. The lowest BCUT2D eigenvalue weighted by Gasteiger charge is -2.07. The van der Waals surface area contributed by atoms with Gasteiger partial charge in [-0.1, -0.05) is 42.8 Å². The molecule has 0 amide bonds. The molecule has 1 aromatic rings. The maximum absolute atomic E-state index is 10.8. The van der Waals surface area contributed by atoms with Crippen LogP contribution in [0.5, 0.6) is 0 Å². The van der Waals surface area contributed by atoms with Crippen LogP contribution in [0.2, 0.25) is 0 Å². The summed E-state index contributed by atoms with van der Waals surface area (Å²) in [6, 6.07) is 9.94. The highest BCUT2D eigenvalue weighted by atomic mass is 16.4. The number of aliphatic carboxylic acids is 1. The first kappa shape index (κ1) is 11.5. The molecule has 0 bridgehead atoms. The summed E-state index contributed by atoms with van der Waals surface area (Å²) in [7, 11) is 0. The maximum atomic E-state index is 10.8. The number of carboxylic acids is 1. The van der Waals surface area contributed by atoms with Gasteiger partial charge in [-0.05, 0) is 25.3 Å². The van der Waals surface area contributed by atoms with Crippen molar-refractivity contribution in [1.29, 1.82) is 0 Å². The Morgan fingerprint density at radius 3 is 2.33 bits per heavy atom. The Morgan fingerprint density at radius 1 is 1.27 bits per heavy atom. The standard InChI is InChI=1S/C13H16O2/c1-3-12(10(2)13(14)15)9-11-7-5-4-6-8-11/h4-8H,3,9H2,1-2H3,(H,14,15)/b12-10+. The number of hydrogen-bond acceptors (Lipinski definition) is 1. The SMILES string of the molecule is CC/C(Cc1ccccc1)=C(/C)C(=O)O. The van der Waals surface area contributed by atoms with Crippen molar-refractivity contribution in [3.8, 4) is 0 Å². The monoisotopic (exact) mass is 204 g/mol. The molecule has 0 atom stereocenters. The third kappa shape index (κ3) is 3.24. The van der Waals surface area contributed by atoms with Gasteiger partial charge in [-0.25, -0.2) is 4.79 Å². The topological polar surface area (TPSA) is 37.3 Å². The number of carboxylic acid groups (broad SMARTS) is 1. The van der Waals surface area contributed by atoms with Crippen LogP contribution < -0.4 is 0 Å². The molecule has 0 aromatic heterocycles. The molecule has 2 heteroatoms. The number of rotatable bonds is 4. The minimum atomic E-state index is -0.817. The van der Waals surface area contributed by atoms with Crippen LogP contribution in [0.1, 0.15) is 25.8 Å². The van der Waals surface area contributed by atoms with Crippen molar-refractivity contribution in [2.45, 2.75) is 26.7 Å². The summed E-state index contributed by atoms with van der Waals surface area (Å²) in [5.74, 6) is -0.817. The van der Waals surface area contributed by atoms with E-state index in [0.29, 0.717) is 5.57 Å². The summed E-state index contributed by atoms with van der Waals surface area (Å²) in [6.45, 7) is 3.66. The summed E-state index contributed by atoms with van der Waals surface area (Å²) in [5, 5.41) is 8.90. The number of hydrogen-bond donors (Lipinski definition) is 1. The number of benzene rings is 1. The molecule has 0 radical (unpaired) electrons. The zero-order valence-corrected chi connectivity index (χ0v) is 9.16. The first-order chi connectivity index (χ1) is 7.15. The van der Waals surface area contributed by atoms with E-state index in [9.17, 15) is 4.79 Å². The maximum Gasteiger partial charge on any atom is 0.331 e. The predicted molar refractivity (Wildman–Crippen MR) is 60.8 cm³/mol. The molecule has 80 valence electrons. The van der Waals surface area contributed by atoms with E-state index in [2.05, 4.69) is 0 Å². The first-order valence-electron chi connectivity index (χ1n) is 5.11. The molecule has 0 unspecified atom stereocenters. The lowest BCUT2D eigenvalue weighted by molar-refractivity contribution is -0.132. The molecule has 0 saturated heterocycles. The van der Waals surface area contributed by atoms with Crippen molar-refractivity contribution in [2.24, 2.45) is 0 Å². The van der Waals surface area contributed by atoms with E-state index in [1.807, 2.05) is 37.3 Å². The van der Waals surface area contributed by atoms with Crippen LogP contribution in [-0.2, 0) is 11.2 Å². The van der Waals surface area contributed by atoms with E-state index < -0.39 is 5.97 Å². The van der Waals surface area contributed by atoms with Crippen molar-refractivity contribution in [3.63, 3.8) is 0 Å². The molecular formula is C13H16O2. The first-order valence-corrected chi connectivity index (χ1v) is 5.11. The third-order valence-corrected chi connectivity index (χ3v) is 2.54. The third-order valence-electron chi connectivity index (χ3n) is 2.54. The van der Waals surface area contributed by atoms with Gasteiger partial charge in [0.05, 0.1) is 0 Å². The molecule has 15 heavy (non-hydrogen) atoms. The molecule has 0 heterocycles. The highest BCUT2D eigenvalue weighted by Gasteiger charge is 2.07. The van der Waals surface area contributed by atoms with Gasteiger partial charge in [-0.2, -0.15) is 0 Å². The fraction of sp³-hybridized carbons (Fsp3) is 0.308. The van der Waals surface area contributed by atoms with Crippen LogP contribution >= 0.6 is 0 Å².